The maximum atomic E-state index is 12.7. The molecule has 1 N–H and O–H groups in total. The van der Waals surface area contributed by atoms with Crippen LogP contribution in [-0.2, 0) is 14.8 Å². The molecule has 1 atom stereocenters. The van der Waals surface area contributed by atoms with Gasteiger partial charge in [-0.15, -0.1) is 0 Å². The zero-order valence-electron chi connectivity index (χ0n) is 12.2. The number of halogens is 1. The lowest BCUT2D eigenvalue weighted by atomic mass is 10.1. The number of hydrogen-bond acceptors (Lipinski definition) is 5. The predicted octanol–water partition coefficient (Wildman–Crippen LogP) is 2.18. The maximum absolute atomic E-state index is 12.7. The number of aliphatic carboxylic acids is 1. The molecule has 0 amide bonds. The Balaban J connectivity index is 2.55. The van der Waals surface area contributed by atoms with E-state index in [1.807, 2.05) is 0 Å². The van der Waals surface area contributed by atoms with Crippen LogP contribution in [0.25, 0.3) is 0 Å². The van der Waals surface area contributed by atoms with Crippen LogP contribution in [0.3, 0.4) is 0 Å². The van der Waals surface area contributed by atoms with Crippen LogP contribution in [0.1, 0.15) is 24.8 Å². The molecule has 126 valence electrons. The quantitative estimate of drug-likeness (QED) is 0.647. The molecule has 23 heavy (non-hydrogen) atoms. The van der Waals surface area contributed by atoms with Crippen molar-refractivity contribution >= 4 is 33.3 Å². The second kappa shape index (κ2) is 6.42. The number of sulfonamides is 1. The minimum absolute atomic E-state index is 0.0540. The third kappa shape index (κ3) is 3.31. The normalized spacial score (nSPS) is 19.5. The van der Waals surface area contributed by atoms with Gasteiger partial charge in [-0.3, -0.25) is 14.9 Å². The van der Waals surface area contributed by atoms with E-state index in [-0.39, 0.29) is 28.4 Å². The molecule has 1 unspecified atom stereocenters. The molecule has 1 heterocycles. The summed E-state index contributed by atoms with van der Waals surface area (Å²) in [7, 11) is -4.19. The summed E-state index contributed by atoms with van der Waals surface area (Å²) in [6.45, 7) is 1.47. The summed E-state index contributed by atoms with van der Waals surface area (Å²) < 4.78 is 26.3. The molecule has 0 bridgehead atoms. The van der Waals surface area contributed by atoms with Gasteiger partial charge in [0.2, 0.25) is 10.0 Å². The number of hydrogen-bond donors (Lipinski definition) is 1. The Morgan fingerprint density at radius 2 is 2.09 bits per heavy atom. The molecule has 1 fully saturated rings. The molecule has 0 saturated carbocycles. The van der Waals surface area contributed by atoms with Crippen molar-refractivity contribution in [1.29, 1.82) is 0 Å². The first-order valence-corrected chi connectivity index (χ1v) is 8.67. The first kappa shape index (κ1) is 17.6. The summed E-state index contributed by atoms with van der Waals surface area (Å²) in [5.41, 5.74) is -0.260. The van der Waals surface area contributed by atoms with Crippen molar-refractivity contribution in [2.45, 2.75) is 37.1 Å². The molecular formula is C13H15ClN2O6S. The zero-order valence-corrected chi connectivity index (χ0v) is 13.8. The lowest BCUT2D eigenvalue weighted by molar-refractivity contribution is -0.385. The molecule has 1 aliphatic heterocycles. The zero-order chi connectivity index (χ0) is 17.4. The number of rotatable bonds is 4. The summed E-state index contributed by atoms with van der Waals surface area (Å²) in [5, 5.41) is 20.2. The number of piperidine rings is 1. The molecule has 0 aliphatic carbocycles. The fourth-order valence-electron chi connectivity index (χ4n) is 2.55. The highest BCUT2D eigenvalue weighted by Gasteiger charge is 2.38. The molecule has 8 nitrogen and oxygen atoms in total. The Morgan fingerprint density at radius 3 is 2.65 bits per heavy atom. The van der Waals surface area contributed by atoms with Crippen LogP contribution in [0.4, 0.5) is 5.69 Å². The van der Waals surface area contributed by atoms with Crippen LogP contribution in [0, 0.1) is 17.0 Å². The van der Waals surface area contributed by atoms with E-state index in [1.54, 1.807) is 0 Å². The van der Waals surface area contributed by atoms with Crippen molar-refractivity contribution in [2.75, 3.05) is 6.54 Å². The molecule has 1 aromatic carbocycles. The van der Waals surface area contributed by atoms with Crippen molar-refractivity contribution in [3.05, 3.63) is 32.8 Å². The van der Waals surface area contributed by atoms with Crippen LogP contribution >= 0.6 is 11.6 Å². The van der Waals surface area contributed by atoms with Crippen molar-refractivity contribution in [1.82, 2.24) is 4.31 Å². The number of nitro groups is 1. The minimum Gasteiger partial charge on any atom is -0.480 e. The highest BCUT2D eigenvalue weighted by Crippen LogP contribution is 2.33. The molecule has 0 spiro atoms. The standard InChI is InChI=1S/C13H15ClN2O6S/c1-8-10(14)6-9(7-12(8)16(19)20)23(21,22)15-5-3-2-4-11(15)13(17)18/h6-7,11H,2-5H2,1H3,(H,17,18). The number of nitrogens with zero attached hydrogens (tertiary/aromatic N) is 2. The average molecular weight is 363 g/mol. The molecule has 1 aliphatic rings. The molecule has 0 radical (unpaired) electrons. The van der Waals surface area contributed by atoms with E-state index in [2.05, 4.69) is 0 Å². The summed E-state index contributed by atoms with van der Waals surface area (Å²) in [4.78, 5) is 21.3. The summed E-state index contributed by atoms with van der Waals surface area (Å²) in [6, 6.07) is 0.865. The predicted molar refractivity (Wildman–Crippen MR) is 82.0 cm³/mol. The molecular weight excluding hydrogens is 348 g/mol. The van der Waals surface area contributed by atoms with Gasteiger partial charge in [0.05, 0.1) is 14.8 Å². The number of carboxylic acid groups (broad SMARTS) is 1. The van der Waals surface area contributed by atoms with Crippen molar-refractivity contribution in [3.8, 4) is 0 Å². The SMILES string of the molecule is Cc1c(Cl)cc(S(=O)(=O)N2CCCCC2C(=O)O)cc1[N+](=O)[O-]. The summed E-state index contributed by atoms with van der Waals surface area (Å²) in [6.07, 6.45) is 1.35. The smallest absolute Gasteiger partial charge is 0.322 e. The lowest BCUT2D eigenvalue weighted by Gasteiger charge is -2.31. The summed E-state index contributed by atoms with van der Waals surface area (Å²) in [5.74, 6) is -1.24. The first-order valence-electron chi connectivity index (χ1n) is 6.85. The second-order valence-corrected chi connectivity index (χ2v) is 7.57. The Bertz CT molecular complexity index is 764. The first-order chi connectivity index (χ1) is 10.7. The van der Waals surface area contributed by atoms with Gasteiger partial charge in [0, 0.05) is 18.2 Å². The van der Waals surface area contributed by atoms with Gasteiger partial charge in [0.15, 0.2) is 0 Å². The van der Waals surface area contributed by atoms with Crippen LogP contribution < -0.4 is 0 Å². The summed E-state index contributed by atoms with van der Waals surface area (Å²) >= 11 is 5.90. The van der Waals surface area contributed by atoms with E-state index in [4.69, 9.17) is 11.6 Å². The third-order valence-corrected chi connectivity index (χ3v) is 6.11. The largest absolute Gasteiger partial charge is 0.480 e. The van der Waals surface area contributed by atoms with E-state index >= 15 is 0 Å². The van der Waals surface area contributed by atoms with Gasteiger partial charge >= 0.3 is 5.97 Å². The Kier molecular flexibility index (Phi) is 4.92. The second-order valence-electron chi connectivity index (χ2n) is 5.27. The van der Waals surface area contributed by atoms with Crippen molar-refractivity contribution in [2.24, 2.45) is 0 Å². The van der Waals surface area contributed by atoms with Gasteiger partial charge in [-0.05, 0) is 32.3 Å². The van der Waals surface area contributed by atoms with Gasteiger partial charge in [-0.2, -0.15) is 4.31 Å². The highest BCUT2D eigenvalue weighted by molar-refractivity contribution is 7.89. The maximum Gasteiger partial charge on any atom is 0.322 e. The fourth-order valence-corrected chi connectivity index (χ4v) is 4.53. The Labute approximate surface area is 137 Å². The van der Waals surface area contributed by atoms with E-state index in [1.165, 1.54) is 6.92 Å². The van der Waals surface area contributed by atoms with E-state index in [9.17, 15) is 28.4 Å². The van der Waals surface area contributed by atoms with Gasteiger partial charge in [0.1, 0.15) is 6.04 Å². The van der Waals surface area contributed by atoms with Crippen LogP contribution in [0.15, 0.2) is 17.0 Å². The van der Waals surface area contributed by atoms with Crippen molar-refractivity contribution < 1.29 is 23.2 Å². The number of carbonyl (C=O) groups is 1. The Hall–Kier alpha value is -1.71. The minimum atomic E-state index is -4.19. The van der Waals surface area contributed by atoms with Gasteiger partial charge in [-0.25, -0.2) is 8.42 Å². The van der Waals surface area contributed by atoms with Crippen LogP contribution in [0.5, 0.6) is 0 Å². The Morgan fingerprint density at radius 1 is 1.43 bits per heavy atom. The molecule has 0 aromatic heterocycles. The topological polar surface area (TPSA) is 118 Å². The molecule has 10 heteroatoms. The van der Waals surface area contributed by atoms with E-state index in [0.29, 0.717) is 12.8 Å². The van der Waals surface area contributed by atoms with Gasteiger partial charge < -0.3 is 5.11 Å². The molecule has 1 saturated heterocycles. The average Bonchev–Trinajstić information content (AvgIpc) is 2.49. The number of nitro benzene ring substituents is 1. The third-order valence-electron chi connectivity index (χ3n) is 3.83. The molecule has 2 rings (SSSR count). The molecule has 1 aromatic rings. The van der Waals surface area contributed by atoms with Crippen LogP contribution in [0.2, 0.25) is 5.02 Å². The fraction of sp³-hybridized carbons (Fsp3) is 0.462. The van der Waals surface area contributed by atoms with Gasteiger partial charge in [-0.1, -0.05) is 11.6 Å². The highest BCUT2D eigenvalue weighted by atomic mass is 35.5. The van der Waals surface area contributed by atoms with E-state index in [0.717, 1.165) is 16.4 Å². The lowest BCUT2D eigenvalue weighted by Crippen LogP contribution is -2.47. The number of carboxylic acids is 1. The van der Waals surface area contributed by atoms with Gasteiger partial charge in [0.25, 0.3) is 5.69 Å². The number of benzene rings is 1. The van der Waals surface area contributed by atoms with Crippen LogP contribution in [-0.4, -0.2) is 41.3 Å². The van der Waals surface area contributed by atoms with E-state index < -0.39 is 32.6 Å². The van der Waals surface area contributed by atoms with Crippen molar-refractivity contribution in [3.63, 3.8) is 0 Å². The monoisotopic (exact) mass is 362 g/mol.